The van der Waals surface area contributed by atoms with Gasteiger partial charge in [-0.3, -0.25) is 4.79 Å². The van der Waals surface area contributed by atoms with E-state index in [1.807, 2.05) is 11.9 Å². The average Bonchev–Trinajstić information content (AvgIpc) is 3.49. The van der Waals surface area contributed by atoms with Gasteiger partial charge in [0.05, 0.1) is 6.54 Å². The molecule has 0 saturated carbocycles. The number of H-pyrrole nitrogens is 1. The summed E-state index contributed by atoms with van der Waals surface area (Å²) in [6.07, 6.45) is 6.02. The highest BCUT2D eigenvalue weighted by Gasteiger charge is 2.21. The van der Waals surface area contributed by atoms with E-state index < -0.39 is 0 Å². The summed E-state index contributed by atoms with van der Waals surface area (Å²) >= 11 is 1.66. The quantitative estimate of drug-likeness (QED) is 0.478. The molecule has 0 atom stereocenters. The zero-order valence-corrected chi connectivity index (χ0v) is 20.6. The molecule has 3 aromatic rings. The maximum Gasteiger partial charge on any atom is 0.237 e. The van der Waals surface area contributed by atoms with Gasteiger partial charge in [0.1, 0.15) is 0 Å². The first-order valence-corrected chi connectivity index (χ1v) is 13.0. The van der Waals surface area contributed by atoms with E-state index in [0.717, 1.165) is 49.6 Å². The van der Waals surface area contributed by atoms with E-state index in [1.54, 1.807) is 11.9 Å². The molecule has 3 heterocycles. The molecule has 6 heteroatoms. The van der Waals surface area contributed by atoms with Crippen LogP contribution in [-0.4, -0.2) is 59.9 Å². The molecule has 2 fully saturated rings. The van der Waals surface area contributed by atoms with Crippen molar-refractivity contribution >= 4 is 34.4 Å². The summed E-state index contributed by atoms with van der Waals surface area (Å²) in [5.74, 6) is 0.240. The summed E-state index contributed by atoms with van der Waals surface area (Å²) in [4.78, 5) is 22.1. The van der Waals surface area contributed by atoms with Gasteiger partial charge in [-0.25, -0.2) is 4.31 Å². The lowest BCUT2D eigenvalue weighted by molar-refractivity contribution is -0.131. The predicted octanol–water partition coefficient (Wildman–Crippen LogP) is 5.69. The Hall–Kier alpha value is -2.44. The van der Waals surface area contributed by atoms with Crippen molar-refractivity contribution in [3.05, 3.63) is 48.0 Å². The van der Waals surface area contributed by atoms with Crippen molar-refractivity contribution in [1.29, 1.82) is 0 Å². The number of fused-ring (bicyclic) bond motifs is 1. The third-order valence-electron chi connectivity index (χ3n) is 6.81. The van der Waals surface area contributed by atoms with Crippen LogP contribution in [0, 0.1) is 6.92 Å². The van der Waals surface area contributed by atoms with Crippen LogP contribution in [0.1, 0.15) is 37.7 Å². The highest BCUT2D eigenvalue weighted by atomic mass is 32.2. The van der Waals surface area contributed by atoms with Crippen molar-refractivity contribution in [2.75, 3.05) is 44.7 Å². The standard InChI is InChI=1S/C27H34N4OS/c1-20-8-9-21-17-25(28-24(21)16-20)23-18-22(10-11-26(23)30-12-6-7-13-30)33-29(2)19-27(32)31-14-4-3-5-15-31/h8-11,16-18,28H,3-7,12-15,19H2,1-2H3. The SMILES string of the molecule is Cc1ccc2cc(-c3cc(SN(C)CC(=O)N4CCCCC4)ccc3N3CCCC3)[nH]c2c1. The smallest absolute Gasteiger partial charge is 0.237 e. The number of likely N-dealkylation sites (N-methyl/N-ethyl adjacent to an activating group) is 1. The Labute approximate surface area is 201 Å². The average molecular weight is 463 g/mol. The Morgan fingerprint density at radius 2 is 1.73 bits per heavy atom. The minimum Gasteiger partial charge on any atom is -0.371 e. The molecule has 1 aromatic heterocycles. The number of carbonyl (C=O) groups excluding carboxylic acids is 1. The molecule has 0 bridgehead atoms. The lowest BCUT2D eigenvalue weighted by atomic mass is 10.1. The second-order valence-corrected chi connectivity index (χ2v) is 10.7. The molecule has 2 aliphatic heterocycles. The second kappa shape index (κ2) is 9.82. The van der Waals surface area contributed by atoms with Crippen LogP contribution in [0.2, 0.25) is 0 Å². The van der Waals surface area contributed by atoms with Gasteiger partial charge in [0.25, 0.3) is 0 Å². The summed E-state index contributed by atoms with van der Waals surface area (Å²) < 4.78 is 2.07. The molecular formula is C27H34N4OS. The van der Waals surface area contributed by atoms with Crippen LogP contribution < -0.4 is 4.90 Å². The van der Waals surface area contributed by atoms with Crippen LogP contribution >= 0.6 is 11.9 Å². The molecule has 1 amide bonds. The summed E-state index contributed by atoms with van der Waals surface area (Å²) in [7, 11) is 2.02. The zero-order valence-electron chi connectivity index (χ0n) is 19.8. The van der Waals surface area contributed by atoms with Gasteiger partial charge in [-0.05, 0) is 93.9 Å². The van der Waals surface area contributed by atoms with Crippen molar-refractivity contribution < 1.29 is 4.79 Å². The highest BCUT2D eigenvalue weighted by molar-refractivity contribution is 7.97. The highest BCUT2D eigenvalue weighted by Crippen LogP contribution is 2.37. The maximum atomic E-state index is 12.7. The van der Waals surface area contributed by atoms with Crippen LogP contribution in [0.25, 0.3) is 22.2 Å². The third-order valence-corrected chi connectivity index (χ3v) is 7.72. The number of likely N-dealkylation sites (tertiary alicyclic amines) is 1. The molecule has 0 unspecified atom stereocenters. The van der Waals surface area contributed by atoms with E-state index in [1.165, 1.54) is 47.0 Å². The lowest BCUT2D eigenvalue weighted by Gasteiger charge is -2.28. The second-order valence-electron chi connectivity index (χ2n) is 9.47. The van der Waals surface area contributed by atoms with Crippen molar-refractivity contribution in [2.24, 2.45) is 0 Å². The molecule has 2 aliphatic rings. The van der Waals surface area contributed by atoms with Gasteiger partial charge in [0.2, 0.25) is 5.91 Å². The molecule has 0 radical (unpaired) electrons. The van der Waals surface area contributed by atoms with Crippen LogP contribution in [-0.2, 0) is 4.79 Å². The lowest BCUT2D eigenvalue weighted by Crippen LogP contribution is -2.40. The van der Waals surface area contributed by atoms with E-state index in [2.05, 4.69) is 63.6 Å². The zero-order chi connectivity index (χ0) is 22.8. The van der Waals surface area contributed by atoms with Crippen LogP contribution in [0.5, 0.6) is 0 Å². The van der Waals surface area contributed by atoms with E-state index in [4.69, 9.17) is 0 Å². The molecule has 2 aromatic carbocycles. The number of aryl methyl sites for hydroxylation is 1. The summed E-state index contributed by atoms with van der Waals surface area (Å²) in [5, 5.41) is 1.24. The number of benzene rings is 2. The summed E-state index contributed by atoms with van der Waals surface area (Å²) in [6, 6.07) is 15.6. The van der Waals surface area contributed by atoms with E-state index in [-0.39, 0.29) is 5.91 Å². The first-order valence-electron chi connectivity index (χ1n) is 12.2. The molecule has 0 spiro atoms. The number of nitrogens with one attached hydrogen (secondary N) is 1. The number of hydrogen-bond donors (Lipinski definition) is 1. The molecule has 1 N–H and O–H groups in total. The number of hydrogen-bond acceptors (Lipinski definition) is 4. The molecular weight excluding hydrogens is 428 g/mol. The number of nitrogens with zero attached hydrogens (tertiary/aromatic N) is 3. The van der Waals surface area contributed by atoms with E-state index >= 15 is 0 Å². The Bertz CT molecular complexity index is 1130. The van der Waals surface area contributed by atoms with Crippen LogP contribution in [0.15, 0.2) is 47.4 Å². The maximum absolute atomic E-state index is 12.7. The molecule has 33 heavy (non-hydrogen) atoms. The van der Waals surface area contributed by atoms with Crippen LogP contribution in [0.4, 0.5) is 5.69 Å². The Morgan fingerprint density at radius 3 is 2.52 bits per heavy atom. The topological polar surface area (TPSA) is 42.6 Å². The van der Waals surface area contributed by atoms with Gasteiger partial charge >= 0.3 is 0 Å². The Kier molecular flexibility index (Phi) is 6.65. The third kappa shape index (κ3) is 5.07. The normalized spacial score (nSPS) is 16.8. The monoisotopic (exact) mass is 462 g/mol. The largest absolute Gasteiger partial charge is 0.371 e. The van der Waals surface area contributed by atoms with Crippen LogP contribution in [0.3, 0.4) is 0 Å². The van der Waals surface area contributed by atoms with Gasteiger partial charge in [-0.1, -0.05) is 12.1 Å². The summed E-state index contributed by atoms with van der Waals surface area (Å²) in [5.41, 5.74) is 6.14. The predicted molar refractivity (Wildman–Crippen MR) is 139 cm³/mol. The molecule has 5 nitrogen and oxygen atoms in total. The molecule has 174 valence electrons. The van der Waals surface area contributed by atoms with Gasteiger partial charge in [-0.15, -0.1) is 0 Å². The molecule has 0 aliphatic carbocycles. The fraction of sp³-hybridized carbons (Fsp3) is 0.444. The Morgan fingerprint density at radius 1 is 0.970 bits per heavy atom. The van der Waals surface area contributed by atoms with Gasteiger partial charge in [-0.2, -0.15) is 0 Å². The minimum atomic E-state index is 0.240. The number of carbonyl (C=O) groups is 1. The van der Waals surface area contributed by atoms with E-state index in [0.29, 0.717) is 6.54 Å². The first-order chi connectivity index (χ1) is 16.1. The number of aromatic nitrogens is 1. The number of amides is 1. The van der Waals surface area contributed by atoms with Crippen molar-refractivity contribution in [1.82, 2.24) is 14.2 Å². The minimum absolute atomic E-state index is 0.240. The first kappa shape index (κ1) is 22.4. The fourth-order valence-electron chi connectivity index (χ4n) is 5.05. The Balaban J connectivity index is 1.39. The van der Waals surface area contributed by atoms with Crippen molar-refractivity contribution in [3.63, 3.8) is 0 Å². The fourth-order valence-corrected chi connectivity index (χ4v) is 5.89. The number of piperidine rings is 1. The summed E-state index contributed by atoms with van der Waals surface area (Å²) in [6.45, 7) is 6.62. The van der Waals surface area contributed by atoms with Gasteiger partial charge in [0.15, 0.2) is 0 Å². The number of aromatic amines is 1. The van der Waals surface area contributed by atoms with Gasteiger partial charge < -0.3 is 14.8 Å². The number of rotatable bonds is 6. The van der Waals surface area contributed by atoms with Crippen molar-refractivity contribution in [2.45, 2.75) is 43.9 Å². The van der Waals surface area contributed by atoms with E-state index in [9.17, 15) is 4.79 Å². The van der Waals surface area contributed by atoms with Crippen molar-refractivity contribution in [3.8, 4) is 11.3 Å². The molecule has 2 saturated heterocycles. The van der Waals surface area contributed by atoms with Gasteiger partial charge in [0, 0.05) is 58.9 Å². The molecule has 5 rings (SSSR count). The number of anilines is 1.